The van der Waals surface area contributed by atoms with Crippen LogP contribution in [0.1, 0.15) is 28.3 Å². The molecule has 1 unspecified atom stereocenters. The molecule has 7 heteroatoms. The highest BCUT2D eigenvalue weighted by Gasteiger charge is 2.49. The summed E-state index contributed by atoms with van der Waals surface area (Å²) >= 11 is 1.26. The number of aryl methyl sites for hydroxylation is 2. The largest absolute Gasteiger partial charge is 0.507 e. The molecule has 3 aromatic carbocycles. The second-order valence-electron chi connectivity index (χ2n) is 7.98. The molecule has 1 saturated heterocycles. The number of amides is 1. The number of aliphatic hydroxyl groups excluding tert-OH is 1. The minimum absolute atomic E-state index is 0.112. The number of carbonyl (C=O) groups is 2. The van der Waals surface area contributed by atoms with E-state index in [1.165, 1.54) is 34.4 Å². The molecule has 33 heavy (non-hydrogen) atoms. The number of thiazole rings is 1. The van der Waals surface area contributed by atoms with E-state index in [0.29, 0.717) is 5.56 Å². The first-order valence-electron chi connectivity index (χ1n) is 10.4. The SMILES string of the molecule is Cc1cc(C)c2nc(N3C(=O)C(=O)/C(=C(/O)c4ccccc4)C3c3ccccc3F)sc2c1. The van der Waals surface area contributed by atoms with Crippen molar-refractivity contribution in [3.63, 3.8) is 0 Å². The Morgan fingerprint density at radius 3 is 2.45 bits per heavy atom. The zero-order chi connectivity index (χ0) is 23.3. The molecule has 1 aliphatic heterocycles. The summed E-state index contributed by atoms with van der Waals surface area (Å²) in [6, 6.07) is 17.2. The third-order valence-electron chi connectivity index (χ3n) is 5.72. The molecule has 0 radical (unpaired) electrons. The normalized spacial score (nSPS) is 17.8. The van der Waals surface area contributed by atoms with Crippen LogP contribution in [-0.2, 0) is 9.59 Å². The standard InChI is InChI=1S/C26H19FN2O3S/c1-14-12-15(2)21-19(13-14)33-26(28-21)29-22(17-10-6-7-11-18(17)27)20(24(31)25(29)32)23(30)16-8-4-3-5-9-16/h3-13,22,30H,1-2H3/b23-20+. The van der Waals surface area contributed by atoms with Crippen LogP contribution in [0.2, 0.25) is 0 Å². The van der Waals surface area contributed by atoms with Crippen molar-refractivity contribution in [2.24, 2.45) is 0 Å². The first-order valence-corrected chi connectivity index (χ1v) is 11.2. The van der Waals surface area contributed by atoms with Gasteiger partial charge in [0.2, 0.25) is 0 Å². The first-order chi connectivity index (χ1) is 15.9. The second-order valence-corrected chi connectivity index (χ2v) is 8.99. The lowest BCUT2D eigenvalue weighted by Crippen LogP contribution is -2.29. The predicted octanol–water partition coefficient (Wildman–Crippen LogP) is 5.68. The van der Waals surface area contributed by atoms with Crippen LogP contribution in [0.15, 0.2) is 72.3 Å². The smallest absolute Gasteiger partial charge is 0.301 e. The molecule has 0 bridgehead atoms. The lowest BCUT2D eigenvalue weighted by atomic mass is 9.95. The molecule has 5 rings (SSSR count). The van der Waals surface area contributed by atoms with Crippen molar-refractivity contribution in [1.82, 2.24) is 4.98 Å². The summed E-state index contributed by atoms with van der Waals surface area (Å²) in [5.74, 6) is -2.66. The van der Waals surface area contributed by atoms with E-state index in [0.717, 1.165) is 21.3 Å². The van der Waals surface area contributed by atoms with Crippen LogP contribution >= 0.6 is 11.3 Å². The van der Waals surface area contributed by atoms with Gasteiger partial charge >= 0.3 is 5.91 Å². The van der Waals surface area contributed by atoms with E-state index in [-0.39, 0.29) is 22.0 Å². The third-order valence-corrected chi connectivity index (χ3v) is 6.72. The van der Waals surface area contributed by atoms with Gasteiger partial charge in [0.1, 0.15) is 17.6 Å². The number of hydrogen-bond acceptors (Lipinski definition) is 5. The van der Waals surface area contributed by atoms with Gasteiger partial charge in [-0.15, -0.1) is 0 Å². The fourth-order valence-electron chi connectivity index (χ4n) is 4.23. The van der Waals surface area contributed by atoms with Crippen molar-refractivity contribution in [3.8, 4) is 0 Å². The molecule has 0 saturated carbocycles. The Morgan fingerprint density at radius 1 is 1.03 bits per heavy atom. The summed E-state index contributed by atoms with van der Waals surface area (Å²) in [6.07, 6.45) is 0. The Hall–Kier alpha value is -3.84. The van der Waals surface area contributed by atoms with Gasteiger partial charge in [-0.1, -0.05) is 65.9 Å². The number of nitrogens with zero attached hydrogens (tertiary/aromatic N) is 2. The quantitative estimate of drug-likeness (QED) is 0.244. The number of hydrogen-bond donors (Lipinski definition) is 1. The van der Waals surface area contributed by atoms with Crippen molar-refractivity contribution in [2.45, 2.75) is 19.9 Å². The number of rotatable bonds is 3. The van der Waals surface area contributed by atoms with Crippen molar-refractivity contribution in [3.05, 3.63) is 100 Å². The molecule has 1 N–H and O–H groups in total. The van der Waals surface area contributed by atoms with Gasteiger partial charge in [-0.05, 0) is 37.1 Å². The van der Waals surface area contributed by atoms with E-state index >= 15 is 0 Å². The predicted molar refractivity (Wildman–Crippen MR) is 127 cm³/mol. The fraction of sp³-hybridized carbons (Fsp3) is 0.115. The lowest BCUT2D eigenvalue weighted by molar-refractivity contribution is -0.132. The Labute approximate surface area is 193 Å². The van der Waals surface area contributed by atoms with Crippen LogP contribution in [0.25, 0.3) is 16.0 Å². The summed E-state index contributed by atoms with van der Waals surface area (Å²) in [5.41, 5.74) is 3.03. The second kappa shape index (κ2) is 7.94. The van der Waals surface area contributed by atoms with E-state index in [2.05, 4.69) is 4.98 Å². The maximum atomic E-state index is 15.0. The number of anilines is 1. The van der Waals surface area contributed by atoms with Crippen molar-refractivity contribution >= 4 is 44.1 Å². The first kappa shape index (κ1) is 21.0. The van der Waals surface area contributed by atoms with Crippen LogP contribution in [0.3, 0.4) is 0 Å². The number of carbonyl (C=O) groups excluding carboxylic acids is 2. The number of aromatic nitrogens is 1. The van der Waals surface area contributed by atoms with Gasteiger partial charge in [0, 0.05) is 11.1 Å². The van der Waals surface area contributed by atoms with Gasteiger partial charge in [-0.2, -0.15) is 0 Å². The Bertz CT molecular complexity index is 1460. The number of ketones is 1. The van der Waals surface area contributed by atoms with Crippen LogP contribution < -0.4 is 4.90 Å². The third kappa shape index (κ3) is 3.41. The van der Waals surface area contributed by atoms with E-state index < -0.39 is 23.5 Å². The lowest BCUT2D eigenvalue weighted by Gasteiger charge is -2.23. The molecule has 1 aliphatic rings. The minimum Gasteiger partial charge on any atom is -0.507 e. The molecular weight excluding hydrogens is 439 g/mol. The Kier molecular flexibility index (Phi) is 5.06. The van der Waals surface area contributed by atoms with Crippen LogP contribution in [0, 0.1) is 19.7 Å². The van der Waals surface area contributed by atoms with Crippen molar-refractivity contribution in [2.75, 3.05) is 4.90 Å². The average Bonchev–Trinajstić information content (AvgIpc) is 3.33. The number of benzene rings is 3. The zero-order valence-electron chi connectivity index (χ0n) is 17.9. The molecule has 1 atom stereocenters. The molecule has 1 amide bonds. The number of Topliss-reactive ketones (excluding diaryl/α,β-unsaturated/α-hetero) is 1. The molecule has 5 nitrogen and oxygen atoms in total. The summed E-state index contributed by atoms with van der Waals surface area (Å²) in [4.78, 5) is 32.3. The van der Waals surface area contributed by atoms with Crippen LogP contribution in [0.4, 0.5) is 9.52 Å². The Morgan fingerprint density at radius 2 is 1.73 bits per heavy atom. The summed E-state index contributed by atoms with van der Waals surface area (Å²) in [5, 5.41) is 11.3. The minimum atomic E-state index is -1.15. The maximum Gasteiger partial charge on any atom is 0.301 e. The maximum absolute atomic E-state index is 15.0. The highest BCUT2D eigenvalue weighted by molar-refractivity contribution is 7.22. The number of fused-ring (bicyclic) bond motifs is 1. The fourth-order valence-corrected chi connectivity index (χ4v) is 5.40. The van der Waals surface area contributed by atoms with Gasteiger partial charge < -0.3 is 5.11 Å². The molecule has 0 aliphatic carbocycles. The van der Waals surface area contributed by atoms with Gasteiger partial charge in [-0.3, -0.25) is 14.5 Å². The van der Waals surface area contributed by atoms with E-state index in [1.54, 1.807) is 36.4 Å². The topological polar surface area (TPSA) is 70.5 Å². The van der Waals surface area contributed by atoms with Gasteiger partial charge in [0.15, 0.2) is 5.13 Å². The van der Waals surface area contributed by atoms with E-state index in [4.69, 9.17) is 0 Å². The molecule has 4 aromatic rings. The summed E-state index contributed by atoms with van der Waals surface area (Å²) in [6.45, 7) is 3.90. The molecule has 1 aromatic heterocycles. The highest BCUT2D eigenvalue weighted by Crippen LogP contribution is 2.45. The highest BCUT2D eigenvalue weighted by atomic mass is 32.1. The van der Waals surface area contributed by atoms with Crippen molar-refractivity contribution < 1.29 is 19.1 Å². The number of aliphatic hydroxyl groups is 1. The van der Waals surface area contributed by atoms with Crippen LogP contribution in [0.5, 0.6) is 0 Å². The molecular formula is C26H19FN2O3S. The average molecular weight is 459 g/mol. The monoisotopic (exact) mass is 458 g/mol. The van der Waals surface area contributed by atoms with Gasteiger partial charge in [0.25, 0.3) is 5.78 Å². The summed E-state index contributed by atoms with van der Waals surface area (Å²) < 4.78 is 15.8. The summed E-state index contributed by atoms with van der Waals surface area (Å²) in [7, 11) is 0. The van der Waals surface area contributed by atoms with Crippen LogP contribution in [-0.4, -0.2) is 21.8 Å². The molecule has 0 spiro atoms. The number of halogens is 1. The van der Waals surface area contributed by atoms with Gasteiger partial charge in [0.05, 0.1) is 15.8 Å². The molecule has 2 heterocycles. The van der Waals surface area contributed by atoms with Crippen molar-refractivity contribution in [1.29, 1.82) is 0 Å². The van der Waals surface area contributed by atoms with E-state index in [1.807, 2.05) is 26.0 Å². The molecule has 1 fully saturated rings. The Balaban J connectivity index is 1.77. The van der Waals surface area contributed by atoms with E-state index in [9.17, 15) is 19.1 Å². The zero-order valence-corrected chi connectivity index (χ0v) is 18.7. The molecule has 164 valence electrons. The van der Waals surface area contributed by atoms with Gasteiger partial charge in [-0.25, -0.2) is 9.37 Å².